The second-order valence-corrected chi connectivity index (χ2v) is 4.93. The third-order valence-corrected chi connectivity index (χ3v) is 2.81. The van der Waals surface area contributed by atoms with E-state index in [9.17, 15) is 9.18 Å². The second-order valence-electron chi connectivity index (χ2n) is 4.49. The standard InChI is InChI=1S/C12H15ClFNO2/c1-12(2,11(16)17)5-6-15-10-7-8(13)3-4-9(10)14/h3-4,7,15H,5-6H2,1-2H3,(H,16,17). The zero-order valence-corrected chi connectivity index (χ0v) is 10.5. The summed E-state index contributed by atoms with van der Waals surface area (Å²) in [5.74, 6) is -1.27. The van der Waals surface area contributed by atoms with Crippen molar-refractivity contribution in [3.63, 3.8) is 0 Å². The van der Waals surface area contributed by atoms with Crippen LogP contribution >= 0.6 is 11.6 Å². The Morgan fingerprint density at radius 2 is 2.18 bits per heavy atom. The van der Waals surface area contributed by atoms with E-state index in [1.54, 1.807) is 13.8 Å². The number of aliphatic carboxylic acids is 1. The number of carboxylic acid groups (broad SMARTS) is 1. The highest BCUT2D eigenvalue weighted by molar-refractivity contribution is 6.30. The van der Waals surface area contributed by atoms with Crippen LogP contribution < -0.4 is 5.32 Å². The molecule has 0 aromatic heterocycles. The van der Waals surface area contributed by atoms with Gasteiger partial charge in [-0.1, -0.05) is 11.6 Å². The van der Waals surface area contributed by atoms with E-state index >= 15 is 0 Å². The molecule has 0 aliphatic carbocycles. The Kier molecular flexibility index (Phi) is 4.34. The lowest BCUT2D eigenvalue weighted by Gasteiger charge is -2.19. The fraction of sp³-hybridized carbons (Fsp3) is 0.417. The Hall–Kier alpha value is -1.29. The molecule has 1 aromatic rings. The number of carbonyl (C=O) groups is 1. The van der Waals surface area contributed by atoms with Crippen molar-refractivity contribution in [1.82, 2.24) is 0 Å². The zero-order chi connectivity index (χ0) is 13.1. The number of nitrogens with one attached hydrogen (secondary N) is 1. The summed E-state index contributed by atoms with van der Waals surface area (Å²) in [4.78, 5) is 10.9. The molecule has 1 aromatic carbocycles. The van der Waals surface area contributed by atoms with Gasteiger partial charge in [-0.25, -0.2) is 4.39 Å². The average Bonchev–Trinajstić information content (AvgIpc) is 2.22. The summed E-state index contributed by atoms with van der Waals surface area (Å²) in [5.41, 5.74) is -0.541. The molecule has 0 aliphatic rings. The van der Waals surface area contributed by atoms with Crippen molar-refractivity contribution in [2.75, 3.05) is 11.9 Å². The minimum atomic E-state index is -0.870. The van der Waals surface area contributed by atoms with Crippen LogP contribution in [0.1, 0.15) is 20.3 Å². The maximum Gasteiger partial charge on any atom is 0.309 e. The van der Waals surface area contributed by atoms with Gasteiger partial charge in [0.05, 0.1) is 11.1 Å². The summed E-state index contributed by atoms with van der Waals surface area (Å²) in [6.45, 7) is 3.63. The third-order valence-electron chi connectivity index (χ3n) is 2.57. The molecule has 0 fully saturated rings. The Labute approximate surface area is 105 Å². The quantitative estimate of drug-likeness (QED) is 0.852. The molecule has 0 spiro atoms. The lowest BCUT2D eigenvalue weighted by molar-refractivity contribution is -0.147. The predicted octanol–water partition coefficient (Wildman–Crippen LogP) is 3.39. The molecule has 0 saturated heterocycles. The SMILES string of the molecule is CC(C)(CCNc1cc(Cl)ccc1F)C(=O)O. The van der Waals surface area contributed by atoms with Gasteiger partial charge in [0.1, 0.15) is 5.82 Å². The van der Waals surface area contributed by atoms with Crippen LogP contribution in [-0.4, -0.2) is 17.6 Å². The van der Waals surface area contributed by atoms with E-state index in [0.29, 0.717) is 23.7 Å². The van der Waals surface area contributed by atoms with Crippen LogP contribution in [0.25, 0.3) is 0 Å². The van der Waals surface area contributed by atoms with Gasteiger partial charge in [0.15, 0.2) is 0 Å². The Balaban J connectivity index is 2.57. The first-order chi connectivity index (χ1) is 7.83. The molecule has 1 rings (SSSR count). The summed E-state index contributed by atoms with van der Waals surface area (Å²) >= 11 is 5.74. The maximum atomic E-state index is 13.3. The highest BCUT2D eigenvalue weighted by Crippen LogP contribution is 2.23. The minimum Gasteiger partial charge on any atom is -0.481 e. The fourth-order valence-electron chi connectivity index (χ4n) is 1.25. The normalized spacial score (nSPS) is 11.3. The van der Waals surface area contributed by atoms with E-state index in [2.05, 4.69) is 5.32 Å². The van der Waals surface area contributed by atoms with Crippen LogP contribution in [-0.2, 0) is 4.79 Å². The largest absolute Gasteiger partial charge is 0.481 e. The van der Waals surface area contributed by atoms with E-state index in [0.717, 1.165) is 0 Å². The first kappa shape index (κ1) is 13.8. The number of benzene rings is 1. The molecule has 0 amide bonds. The van der Waals surface area contributed by atoms with Gasteiger partial charge in [-0.15, -0.1) is 0 Å². The van der Waals surface area contributed by atoms with Gasteiger partial charge in [-0.05, 0) is 38.5 Å². The van der Waals surface area contributed by atoms with E-state index in [1.807, 2.05) is 0 Å². The first-order valence-electron chi connectivity index (χ1n) is 5.25. The number of anilines is 1. The molecule has 2 N–H and O–H groups in total. The van der Waals surface area contributed by atoms with Gasteiger partial charge in [0.25, 0.3) is 0 Å². The van der Waals surface area contributed by atoms with E-state index in [-0.39, 0.29) is 0 Å². The highest BCUT2D eigenvalue weighted by atomic mass is 35.5. The Bertz CT molecular complexity index is 421. The van der Waals surface area contributed by atoms with Crippen molar-refractivity contribution in [2.45, 2.75) is 20.3 Å². The van der Waals surface area contributed by atoms with Crippen molar-refractivity contribution in [1.29, 1.82) is 0 Å². The van der Waals surface area contributed by atoms with Crippen molar-refractivity contribution < 1.29 is 14.3 Å². The van der Waals surface area contributed by atoms with Crippen molar-refractivity contribution >= 4 is 23.3 Å². The third kappa shape index (κ3) is 3.89. The van der Waals surface area contributed by atoms with Gasteiger partial charge in [0.2, 0.25) is 0 Å². The molecular weight excluding hydrogens is 245 g/mol. The van der Waals surface area contributed by atoms with Gasteiger partial charge in [-0.3, -0.25) is 4.79 Å². The first-order valence-corrected chi connectivity index (χ1v) is 5.63. The van der Waals surface area contributed by atoms with Crippen LogP contribution in [0.2, 0.25) is 5.02 Å². The topological polar surface area (TPSA) is 49.3 Å². The van der Waals surface area contributed by atoms with Gasteiger partial charge >= 0.3 is 5.97 Å². The van der Waals surface area contributed by atoms with E-state index < -0.39 is 17.2 Å². The van der Waals surface area contributed by atoms with Crippen LogP contribution in [0, 0.1) is 11.2 Å². The van der Waals surface area contributed by atoms with Crippen LogP contribution in [0.4, 0.5) is 10.1 Å². The fourth-order valence-corrected chi connectivity index (χ4v) is 1.42. The van der Waals surface area contributed by atoms with Gasteiger partial charge in [0, 0.05) is 11.6 Å². The molecule has 5 heteroatoms. The zero-order valence-electron chi connectivity index (χ0n) is 9.76. The molecule has 0 atom stereocenters. The monoisotopic (exact) mass is 259 g/mol. The number of hydrogen-bond acceptors (Lipinski definition) is 2. The van der Waals surface area contributed by atoms with Crippen molar-refractivity contribution in [3.8, 4) is 0 Å². The molecule has 0 saturated carbocycles. The molecule has 0 bridgehead atoms. The molecule has 0 aliphatic heterocycles. The summed E-state index contributed by atoms with van der Waals surface area (Å²) in [5, 5.41) is 12.2. The smallest absolute Gasteiger partial charge is 0.309 e. The Morgan fingerprint density at radius 1 is 1.53 bits per heavy atom. The van der Waals surface area contributed by atoms with E-state index in [4.69, 9.17) is 16.7 Å². The minimum absolute atomic E-state index is 0.290. The highest BCUT2D eigenvalue weighted by Gasteiger charge is 2.26. The second kappa shape index (κ2) is 5.36. The number of rotatable bonds is 5. The van der Waals surface area contributed by atoms with Gasteiger partial charge in [-0.2, -0.15) is 0 Å². The maximum absolute atomic E-state index is 13.3. The molecule has 0 heterocycles. The molecule has 3 nitrogen and oxygen atoms in total. The summed E-state index contributed by atoms with van der Waals surface area (Å²) in [6.07, 6.45) is 0.397. The summed E-state index contributed by atoms with van der Waals surface area (Å²) in [6, 6.07) is 4.21. The van der Waals surface area contributed by atoms with E-state index in [1.165, 1.54) is 18.2 Å². The molecule has 0 unspecified atom stereocenters. The summed E-state index contributed by atoms with van der Waals surface area (Å²) in [7, 11) is 0. The van der Waals surface area contributed by atoms with Crippen molar-refractivity contribution in [3.05, 3.63) is 29.0 Å². The molecule has 17 heavy (non-hydrogen) atoms. The average molecular weight is 260 g/mol. The van der Waals surface area contributed by atoms with Crippen molar-refractivity contribution in [2.24, 2.45) is 5.41 Å². The lowest BCUT2D eigenvalue weighted by Crippen LogP contribution is -2.26. The molecular formula is C12H15ClFNO2. The number of hydrogen-bond donors (Lipinski definition) is 2. The van der Waals surface area contributed by atoms with Crippen LogP contribution in [0.3, 0.4) is 0 Å². The van der Waals surface area contributed by atoms with Crippen LogP contribution in [0.15, 0.2) is 18.2 Å². The van der Waals surface area contributed by atoms with Crippen LogP contribution in [0.5, 0.6) is 0 Å². The molecule has 94 valence electrons. The number of carboxylic acids is 1. The molecule has 0 radical (unpaired) electrons. The number of halogens is 2. The lowest BCUT2D eigenvalue weighted by atomic mass is 9.90. The predicted molar refractivity (Wildman–Crippen MR) is 65.9 cm³/mol. The summed E-state index contributed by atoms with van der Waals surface area (Å²) < 4.78 is 13.3. The Morgan fingerprint density at radius 3 is 2.76 bits per heavy atom. The van der Waals surface area contributed by atoms with Gasteiger partial charge < -0.3 is 10.4 Å².